The molecule has 0 saturated carbocycles. The molecular formula is C10H7NO2. The SMILES string of the molecule is Cc1coc2c(C#N)ccc(O)c12. The largest absolute Gasteiger partial charge is 0.507 e. The van der Waals surface area contributed by atoms with Crippen molar-refractivity contribution in [3.05, 3.63) is 29.5 Å². The number of aromatic hydroxyl groups is 1. The van der Waals surface area contributed by atoms with Crippen molar-refractivity contribution in [2.24, 2.45) is 0 Å². The summed E-state index contributed by atoms with van der Waals surface area (Å²) in [6.45, 7) is 1.83. The lowest BCUT2D eigenvalue weighted by Crippen LogP contribution is -1.76. The van der Waals surface area contributed by atoms with Crippen LogP contribution in [0.1, 0.15) is 11.1 Å². The first-order valence-electron chi connectivity index (χ1n) is 3.84. The van der Waals surface area contributed by atoms with Crippen LogP contribution in [-0.2, 0) is 0 Å². The zero-order valence-electron chi connectivity index (χ0n) is 7.03. The van der Waals surface area contributed by atoms with Crippen LogP contribution in [0.5, 0.6) is 5.75 Å². The molecule has 0 amide bonds. The Labute approximate surface area is 74.8 Å². The molecule has 0 bridgehead atoms. The molecule has 3 heteroatoms. The predicted octanol–water partition coefficient (Wildman–Crippen LogP) is 2.32. The van der Waals surface area contributed by atoms with Gasteiger partial charge in [0.05, 0.1) is 17.2 Å². The number of furan rings is 1. The molecule has 3 nitrogen and oxygen atoms in total. The van der Waals surface area contributed by atoms with E-state index in [9.17, 15) is 5.11 Å². The Bertz CT molecular complexity index is 505. The van der Waals surface area contributed by atoms with Gasteiger partial charge in [0.25, 0.3) is 0 Å². The van der Waals surface area contributed by atoms with E-state index in [0.717, 1.165) is 5.56 Å². The maximum atomic E-state index is 9.49. The zero-order valence-corrected chi connectivity index (χ0v) is 7.03. The molecule has 0 aliphatic rings. The molecule has 0 unspecified atom stereocenters. The number of fused-ring (bicyclic) bond motifs is 1. The molecule has 1 aromatic heterocycles. The number of benzene rings is 1. The third kappa shape index (κ3) is 0.960. The van der Waals surface area contributed by atoms with Crippen LogP contribution in [0, 0.1) is 18.3 Å². The lowest BCUT2D eigenvalue weighted by Gasteiger charge is -1.95. The van der Waals surface area contributed by atoms with E-state index in [1.807, 2.05) is 13.0 Å². The van der Waals surface area contributed by atoms with Crippen molar-refractivity contribution >= 4 is 11.0 Å². The smallest absolute Gasteiger partial charge is 0.155 e. The zero-order chi connectivity index (χ0) is 9.42. The van der Waals surface area contributed by atoms with Crippen LogP contribution in [-0.4, -0.2) is 5.11 Å². The molecule has 64 valence electrons. The summed E-state index contributed by atoms with van der Waals surface area (Å²) >= 11 is 0. The number of phenols is 1. The first kappa shape index (κ1) is 7.69. The predicted molar refractivity (Wildman–Crippen MR) is 47.3 cm³/mol. The lowest BCUT2D eigenvalue weighted by molar-refractivity contribution is 0.481. The van der Waals surface area contributed by atoms with Gasteiger partial charge in [-0.25, -0.2) is 0 Å². The highest BCUT2D eigenvalue weighted by molar-refractivity contribution is 5.90. The minimum atomic E-state index is 0.153. The van der Waals surface area contributed by atoms with Gasteiger partial charge >= 0.3 is 0 Å². The van der Waals surface area contributed by atoms with Crippen LogP contribution < -0.4 is 0 Å². The molecule has 0 radical (unpaired) electrons. The first-order valence-corrected chi connectivity index (χ1v) is 3.84. The summed E-state index contributed by atoms with van der Waals surface area (Å²) in [5, 5.41) is 18.9. The van der Waals surface area contributed by atoms with Crippen molar-refractivity contribution in [2.75, 3.05) is 0 Å². The van der Waals surface area contributed by atoms with Crippen LogP contribution in [0.15, 0.2) is 22.8 Å². The van der Waals surface area contributed by atoms with E-state index in [-0.39, 0.29) is 5.75 Å². The number of nitrogens with zero attached hydrogens (tertiary/aromatic N) is 1. The van der Waals surface area contributed by atoms with Gasteiger partial charge in [-0.1, -0.05) is 0 Å². The van der Waals surface area contributed by atoms with E-state index in [1.54, 1.807) is 6.07 Å². The van der Waals surface area contributed by atoms with Crippen molar-refractivity contribution < 1.29 is 9.52 Å². The van der Waals surface area contributed by atoms with Crippen LogP contribution in [0.2, 0.25) is 0 Å². The molecule has 0 aliphatic carbocycles. The van der Waals surface area contributed by atoms with Crippen molar-refractivity contribution in [1.82, 2.24) is 0 Å². The third-order valence-electron chi connectivity index (χ3n) is 2.00. The maximum absolute atomic E-state index is 9.49. The Kier molecular flexibility index (Phi) is 1.49. The normalized spacial score (nSPS) is 10.2. The third-order valence-corrected chi connectivity index (χ3v) is 2.00. The molecule has 13 heavy (non-hydrogen) atoms. The molecule has 0 atom stereocenters. The lowest BCUT2D eigenvalue weighted by atomic mass is 10.1. The highest BCUT2D eigenvalue weighted by atomic mass is 16.3. The van der Waals surface area contributed by atoms with Crippen LogP contribution in [0.3, 0.4) is 0 Å². The minimum absolute atomic E-state index is 0.153. The first-order chi connectivity index (χ1) is 6.24. The molecule has 0 aliphatic heterocycles. The van der Waals surface area contributed by atoms with Gasteiger partial charge < -0.3 is 9.52 Å². The van der Waals surface area contributed by atoms with E-state index in [2.05, 4.69) is 0 Å². The molecule has 2 aromatic rings. The quantitative estimate of drug-likeness (QED) is 0.665. The van der Waals surface area contributed by atoms with E-state index in [1.165, 1.54) is 12.3 Å². The highest BCUT2D eigenvalue weighted by Crippen LogP contribution is 2.31. The molecule has 1 N–H and O–H groups in total. The molecule has 2 rings (SSSR count). The number of hydrogen-bond donors (Lipinski definition) is 1. The van der Waals surface area contributed by atoms with E-state index >= 15 is 0 Å². The second-order valence-electron chi connectivity index (χ2n) is 2.87. The molecule has 1 heterocycles. The van der Waals surface area contributed by atoms with Crippen molar-refractivity contribution in [3.8, 4) is 11.8 Å². The maximum Gasteiger partial charge on any atom is 0.155 e. The van der Waals surface area contributed by atoms with E-state index in [0.29, 0.717) is 16.5 Å². The summed E-state index contributed by atoms with van der Waals surface area (Å²) < 4.78 is 5.17. The average Bonchev–Trinajstić information content (AvgIpc) is 2.50. The summed E-state index contributed by atoms with van der Waals surface area (Å²) in [4.78, 5) is 0. The number of hydrogen-bond acceptors (Lipinski definition) is 3. The fourth-order valence-corrected chi connectivity index (χ4v) is 1.37. The Hall–Kier alpha value is -1.95. The van der Waals surface area contributed by atoms with Gasteiger partial charge in [0, 0.05) is 0 Å². The van der Waals surface area contributed by atoms with Crippen LogP contribution in [0.25, 0.3) is 11.0 Å². The fourth-order valence-electron chi connectivity index (χ4n) is 1.37. The number of nitriles is 1. The van der Waals surface area contributed by atoms with Gasteiger partial charge in [0.2, 0.25) is 0 Å². The second-order valence-corrected chi connectivity index (χ2v) is 2.87. The topological polar surface area (TPSA) is 57.2 Å². The number of rotatable bonds is 0. The summed E-state index contributed by atoms with van der Waals surface area (Å²) in [5.41, 5.74) is 1.74. The Morgan fingerprint density at radius 3 is 2.92 bits per heavy atom. The molecule has 1 aromatic carbocycles. The molecule has 0 fully saturated rings. The summed E-state index contributed by atoms with van der Waals surface area (Å²) in [7, 11) is 0. The van der Waals surface area contributed by atoms with Gasteiger partial charge in [-0.15, -0.1) is 0 Å². The highest BCUT2D eigenvalue weighted by Gasteiger charge is 2.10. The monoisotopic (exact) mass is 173 g/mol. The van der Waals surface area contributed by atoms with Gasteiger partial charge in [0.15, 0.2) is 5.58 Å². The summed E-state index contributed by atoms with van der Waals surface area (Å²) in [5.74, 6) is 0.153. The Balaban J connectivity index is 2.97. The van der Waals surface area contributed by atoms with Crippen molar-refractivity contribution in [1.29, 1.82) is 5.26 Å². The second kappa shape index (κ2) is 2.53. The number of phenolic OH excluding ortho intramolecular Hbond substituents is 1. The Morgan fingerprint density at radius 1 is 1.46 bits per heavy atom. The average molecular weight is 173 g/mol. The molecule has 0 saturated heterocycles. The molecule has 0 spiro atoms. The standard InChI is InChI=1S/C10H7NO2/c1-6-5-13-10-7(4-11)2-3-8(12)9(6)10/h2-3,5,12H,1H3. The Morgan fingerprint density at radius 2 is 2.23 bits per heavy atom. The van der Waals surface area contributed by atoms with Crippen molar-refractivity contribution in [2.45, 2.75) is 6.92 Å². The fraction of sp³-hybridized carbons (Fsp3) is 0.100. The van der Waals surface area contributed by atoms with Gasteiger partial charge in [-0.3, -0.25) is 0 Å². The van der Waals surface area contributed by atoms with Gasteiger partial charge in [-0.2, -0.15) is 5.26 Å². The van der Waals surface area contributed by atoms with E-state index < -0.39 is 0 Å². The minimum Gasteiger partial charge on any atom is -0.507 e. The summed E-state index contributed by atoms with van der Waals surface area (Å²) in [6.07, 6.45) is 1.53. The van der Waals surface area contributed by atoms with Crippen LogP contribution in [0.4, 0.5) is 0 Å². The van der Waals surface area contributed by atoms with Gasteiger partial charge in [0.1, 0.15) is 11.8 Å². The summed E-state index contributed by atoms with van der Waals surface area (Å²) in [6, 6.07) is 5.05. The van der Waals surface area contributed by atoms with Crippen LogP contribution >= 0.6 is 0 Å². The van der Waals surface area contributed by atoms with E-state index in [4.69, 9.17) is 9.68 Å². The van der Waals surface area contributed by atoms with Gasteiger partial charge in [-0.05, 0) is 24.6 Å². The molecular weight excluding hydrogens is 166 g/mol. The number of aryl methyl sites for hydroxylation is 1. The van der Waals surface area contributed by atoms with Crippen molar-refractivity contribution in [3.63, 3.8) is 0 Å².